The van der Waals surface area contributed by atoms with Crippen LogP contribution in [0.4, 0.5) is 0 Å². The summed E-state index contributed by atoms with van der Waals surface area (Å²) in [5.74, 6) is -0.965. The maximum Gasteiger partial charge on any atom is 0.341 e. The number of aliphatic hydroxyl groups excluding tert-OH is 1. The Morgan fingerprint density at radius 1 is 1.45 bits per heavy atom. The molecule has 2 aliphatic carbocycles. The van der Waals surface area contributed by atoms with Gasteiger partial charge < -0.3 is 14.9 Å². The van der Waals surface area contributed by atoms with E-state index in [1.807, 2.05) is 19.9 Å². The van der Waals surface area contributed by atoms with E-state index in [-0.39, 0.29) is 17.6 Å². The van der Waals surface area contributed by atoms with Crippen molar-refractivity contribution in [2.24, 2.45) is 23.2 Å². The van der Waals surface area contributed by atoms with Gasteiger partial charge in [0.1, 0.15) is 6.10 Å². The van der Waals surface area contributed by atoms with Crippen LogP contribution in [0.1, 0.15) is 26.7 Å². The molecule has 1 aliphatic heterocycles. The molecule has 20 heavy (non-hydrogen) atoms. The highest BCUT2D eigenvalue weighted by Gasteiger charge is 2.62. The summed E-state index contributed by atoms with van der Waals surface area (Å²) in [6.07, 6.45) is 4.10. The van der Waals surface area contributed by atoms with Crippen LogP contribution in [-0.2, 0) is 14.3 Å². The molecule has 1 unspecified atom stereocenters. The van der Waals surface area contributed by atoms with Crippen LogP contribution in [0, 0.1) is 23.2 Å². The number of fused-ring (bicyclic) bond motifs is 2. The molecule has 3 rings (SSSR count). The Bertz CT molecular complexity index is 498. The van der Waals surface area contributed by atoms with E-state index in [0.29, 0.717) is 12.8 Å². The van der Waals surface area contributed by atoms with Crippen LogP contribution >= 0.6 is 0 Å². The SMILES string of the molecule is C[C@@H]1C[C@H]2OC(=O)C(O)(CO)[C@H]2C[C@]2(C)C(=O)C=C[C@@H]12. The minimum Gasteiger partial charge on any atom is -0.460 e. The molecule has 2 fully saturated rings. The van der Waals surface area contributed by atoms with Gasteiger partial charge in [0.05, 0.1) is 6.61 Å². The molecule has 2 N–H and O–H groups in total. The van der Waals surface area contributed by atoms with Crippen molar-refractivity contribution in [3.05, 3.63) is 12.2 Å². The number of rotatable bonds is 1. The average Bonchev–Trinajstić information content (AvgIpc) is 2.76. The molecule has 0 amide bonds. The van der Waals surface area contributed by atoms with E-state index in [9.17, 15) is 19.8 Å². The third-order valence-electron chi connectivity index (χ3n) is 5.53. The predicted molar refractivity (Wildman–Crippen MR) is 69.5 cm³/mol. The van der Waals surface area contributed by atoms with Gasteiger partial charge in [-0.05, 0) is 30.8 Å². The quantitative estimate of drug-likeness (QED) is 0.681. The van der Waals surface area contributed by atoms with Gasteiger partial charge in [-0.1, -0.05) is 19.9 Å². The third kappa shape index (κ3) is 1.56. The lowest BCUT2D eigenvalue weighted by Gasteiger charge is -2.34. The Morgan fingerprint density at radius 2 is 2.15 bits per heavy atom. The largest absolute Gasteiger partial charge is 0.460 e. The van der Waals surface area contributed by atoms with E-state index in [1.54, 1.807) is 6.08 Å². The van der Waals surface area contributed by atoms with Crippen LogP contribution < -0.4 is 0 Å². The fourth-order valence-electron chi connectivity index (χ4n) is 4.26. The van der Waals surface area contributed by atoms with Crippen LogP contribution in [0.25, 0.3) is 0 Å². The molecule has 0 radical (unpaired) electrons. The monoisotopic (exact) mass is 280 g/mol. The molecule has 6 atom stereocenters. The van der Waals surface area contributed by atoms with E-state index in [2.05, 4.69) is 0 Å². The zero-order valence-corrected chi connectivity index (χ0v) is 11.7. The summed E-state index contributed by atoms with van der Waals surface area (Å²) in [5.41, 5.74) is -2.48. The second-order valence-electron chi connectivity index (χ2n) is 6.72. The zero-order valence-electron chi connectivity index (χ0n) is 11.7. The number of hydrogen-bond acceptors (Lipinski definition) is 5. The number of hydrogen-bond donors (Lipinski definition) is 2. The Morgan fingerprint density at radius 3 is 2.80 bits per heavy atom. The van der Waals surface area contributed by atoms with E-state index >= 15 is 0 Å². The summed E-state index contributed by atoms with van der Waals surface area (Å²) in [5, 5.41) is 19.9. The van der Waals surface area contributed by atoms with Crippen LogP contribution in [0.5, 0.6) is 0 Å². The Balaban J connectivity index is 2.02. The van der Waals surface area contributed by atoms with E-state index in [1.165, 1.54) is 0 Å². The van der Waals surface area contributed by atoms with Crippen molar-refractivity contribution < 1.29 is 24.5 Å². The number of aliphatic hydroxyl groups is 2. The number of carbonyl (C=O) groups excluding carboxylic acids is 2. The predicted octanol–water partition coefficient (Wildman–Crippen LogP) is 0.443. The van der Waals surface area contributed by atoms with Gasteiger partial charge in [-0.15, -0.1) is 0 Å². The molecule has 5 heteroatoms. The zero-order chi connectivity index (χ0) is 14.7. The highest BCUT2D eigenvalue weighted by Crippen LogP contribution is 2.53. The van der Waals surface area contributed by atoms with Gasteiger partial charge in [-0.2, -0.15) is 0 Å². The van der Waals surface area contributed by atoms with Crippen LogP contribution in [0.15, 0.2) is 12.2 Å². The van der Waals surface area contributed by atoms with Gasteiger partial charge in [0.25, 0.3) is 0 Å². The average molecular weight is 280 g/mol. The lowest BCUT2D eigenvalue weighted by atomic mass is 9.68. The second-order valence-corrected chi connectivity index (χ2v) is 6.72. The highest BCUT2D eigenvalue weighted by atomic mass is 16.6. The van der Waals surface area contributed by atoms with Crippen molar-refractivity contribution in [2.75, 3.05) is 6.61 Å². The van der Waals surface area contributed by atoms with Gasteiger partial charge in [0.2, 0.25) is 0 Å². The molecular formula is C15H20O5. The van der Waals surface area contributed by atoms with Crippen molar-refractivity contribution in [1.82, 2.24) is 0 Å². The molecule has 110 valence electrons. The van der Waals surface area contributed by atoms with Gasteiger partial charge in [-0.3, -0.25) is 4.79 Å². The lowest BCUT2D eigenvalue weighted by Crippen LogP contribution is -2.48. The molecule has 0 aromatic rings. The van der Waals surface area contributed by atoms with Crippen LogP contribution in [-0.4, -0.2) is 40.3 Å². The second kappa shape index (κ2) is 4.15. The standard InChI is InChI=1S/C15H20O5/c1-8-5-11-10(15(19,7-16)13(18)20-11)6-14(2)9(8)3-4-12(14)17/h3-4,8-11,16,19H,5-7H2,1-2H3/t8-,9+,10+,11-,14+,15?/m1/s1. The van der Waals surface area contributed by atoms with E-state index in [4.69, 9.17) is 4.74 Å². The van der Waals surface area contributed by atoms with Crippen molar-refractivity contribution in [1.29, 1.82) is 0 Å². The first-order valence-corrected chi connectivity index (χ1v) is 7.10. The smallest absolute Gasteiger partial charge is 0.341 e. The molecule has 1 heterocycles. The Kier molecular flexibility index (Phi) is 2.86. The van der Waals surface area contributed by atoms with Crippen LogP contribution in [0.2, 0.25) is 0 Å². The third-order valence-corrected chi connectivity index (χ3v) is 5.53. The van der Waals surface area contributed by atoms with Crippen molar-refractivity contribution in [3.8, 4) is 0 Å². The minimum atomic E-state index is -1.87. The van der Waals surface area contributed by atoms with E-state index in [0.717, 1.165) is 0 Å². The number of allylic oxidation sites excluding steroid dienone is 2. The summed E-state index contributed by atoms with van der Waals surface area (Å²) in [7, 11) is 0. The Hall–Kier alpha value is -1.20. The molecule has 1 saturated heterocycles. The molecule has 0 spiro atoms. The molecule has 0 bridgehead atoms. The summed E-state index contributed by atoms with van der Waals surface area (Å²) < 4.78 is 5.28. The number of esters is 1. The first-order chi connectivity index (χ1) is 9.33. The van der Waals surface area contributed by atoms with Crippen molar-refractivity contribution in [2.45, 2.75) is 38.4 Å². The van der Waals surface area contributed by atoms with Crippen molar-refractivity contribution >= 4 is 11.8 Å². The topological polar surface area (TPSA) is 83.8 Å². The molecule has 0 aromatic heterocycles. The first-order valence-electron chi connectivity index (χ1n) is 7.10. The Labute approximate surface area is 117 Å². The molecule has 5 nitrogen and oxygen atoms in total. The van der Waals surface area contributed by atoms with Crippen molar-refractivity contribution in [3.63, 3.8) is 0 Å². The number of ketones is 1. The summed E-state index contributed by atoms with van der Waals surface area (Å²) in [4.78, 5) is 24.1. The maximum absolute atomic E-state index is 12.2. The minimum absolute atomic E-state index is 0.0367. The number of carbonyl (C=O) groups is 2. The fraction of sp³-hybridized carbons (Fsp3) is 0.733. The van der Waals surface area contributed by atoms with Gasteiger partial charge >= 0.3 is 5.97 Å². The summed E-state index contributed by atoms with van der Waals surface area (Å²) >= 11 is 0. The van der Waals surface area contributed by atoms with Crippen LogP contribution in [0.3, 0.4) is 0 Å². The normalized spacial score (nSPS) is 50.6. The highest BCUT2D eigenvalue weighted by molar-refractivity contribution is 5.97. The summed E-state index contributed by atoms with van der Waals surface area (Å²) in [6, 6.07) is 0. The lowest BCUT2D eigenvalue weighted by molar-refractivity contribution is -0.160. The molecule has 0 aromatic carbocycles. The van der Waals surface area contributed by atoms with Gasteiger partial charge in [0, 0.05) is 11.3 Å². The number of ether oxygens (including phenoxy) is 1. The molecule has 3 aliphatic rings. The fourth-order valence-corrected chi connectivity index (χ4v) is 4.26. The first kappa shape index (κ1) is 13.8. The van der Waals surface area contributed by atoms with Gasteiger partial charge in [-0.25, -0.2) is 4.79 Å². The molecule has 1 saturated carbocycles. The molecular weight excluding hydrogens is 260 g/mol. The van der Waals surface area contributed by atoms with Gasteiger partial charge in [0.15, 0.2) is 11.4 Å². The van der Waals surface area contributed by atoms with E-state index < -0.39 is 35.6 Å². The maximum atomic E-state index is 12.2. The summed E-state index contributed by atoms with van der Waals surface area (Å²) in [6.45, 7) is 3.27.